The molecule has 16 heavy (non-hydrogen) atoms. The minimum atomic E-state index is 0.930. The second kappa shape index (κ2) is 5.27. The van der Waals surface area contributed by atoms with Crippen molar-refractivity contribution in [3.8, 4) is 5.69 Å². The molecule has 1 aromatic heterocycles. The lowest BCUT2D eigenvalue weighted by Crippen LogP contribution is -2.13. The Kier molecular flexibility index (Phi) is 3.74. The summed E-state index contributed by atoms with van der Waals surface area (Å²) in [6, 6.07) is 8.23. The van der Waals surface area contributed by atoms with Crippen LogP contribution in [0, 0.1) is 0 Å². The van der Waals surface area contributed by atoms with Crippen LogP contribution in [0.25, 0.3) is 5.69 Å². The summed E-state index contributed by atoms with van der Waals surface area (Å²) in [5, 5.41) is 3.13. The van der Waals surface area contributed by atoms with E-state index in [1.165, 1.54) is 0 Å². The molecule has 0 saturated carbocycles. The first-order chi connectivity index (χ1) is 7.81. The van der Waals surface area contributed by atoms with Crippen LogP contribution < -0.4 is 5.32 Å². The average molecular weight is 280 g/mol. The zero-order chi connectivity index (χ0) is 11.4. The summed E-state index contributed by atoms with van der Waals surface area (Å²) >= 11 is 3.43. The van der Waals surface area contributed by atoms with Gasteiger partial charge in [0, 0.05) is 35.5 Å². The molecule has 0 fully saturated rings. The van der Waals surface area contributed by atoms with E-state index in [-0.39, 0.29) is 0 Å². The SMILES string of the molecule is CNCCc1nccn1-c1ccc(Br)cc1. The van der Waals surface area contributed by atoms with E-state index in [1.807, 2.05) is 31.6 Å². The van der Waals surface area contributed by atoms with Crippen LogP contribution in [0.15, 0.2) is 41.1 Å². The van der Waals surface area contributed by atoms with Crippen molar-refractivity contribution >= 4 is 15.9 Å². The Morgan fingerprint density at radius 3 is 2.75 bits per heavy atom. The lowest BCUT2D eigenvalue weighted by atomic mass is 10.3. The fourth-order valence-electron chi connectivity index (χ4n) is 1.59. The Morgan fingerprint density at radius 2 is 2.06 bits per heavy atom. The topological polar surface area (TPSA) is 29.9 Å². The quantitative estimate of drug-likeness (QED) is 0.932. The van der Waals surface area contributed by atoms with Crippen molar-refractivity contribution in [1.29, 1.82) is 0 Å². The molecule has 0 radical (unpaired) electrons. The molecule has 0 saturated heterocycles. The fraction of sp³-hybridized carbons (Fsp3) is 0.250. The number of aromatic nitrogens is 2. The highest BCUT2D eigenvalue weighted by Crippen LogP contribution is 2.15. The molecule has 1 aromatic carbocycles. The summed E-state index contributed by atoms with van der Waals surface area (Å²) in [6.45, 7) is 0.938. The standard InChI is InChI=1S/C12H14BrN3/c1-14-7-6-12-15-8-9-16(12)11-4-2-10(13)3-5-11/h2-5,8-9,14H,6-7H2,1H3. The van der Waals surface area contributed by atoms with Gasteiger partial charge >= 0.3 is 0 Å². The Balaban J connectivity index is 2.26. The van der Waals surface area contributed by atoms with E-state index in [2.05, 4.69) is 42.9 Å². The molecule has 2 aromatic rings. The number of nitrogens with zero attached hydrogens (tertiary/aromatic N) is 2. The van der Waals surface area contributed by atoms with Crippen molar-refractivity contribution in [3.05, 3.63) is 47.0 Å². The van der Waals surface area contributed by atoms with Crippen molar-refractivity contribution < 1.29 is 0 Å². The summed E-state index contributed by atoms with van der Waals surface area (Å²) < 4.78 is 3.21. The first-order valence-electron chi connectivity index (χ1n) is 5.24. The van der Waals surface area contributed by atoms with Crippen LogP contribution in [0.1, 0.15) is 5.82 Å². The lowest BCUT2D eigenvalue weighted by Gasteiger charge is -2.07. The lowest BCUT2D eigenvalue weighted by molar-refractivity contribution is 0.743. The van der Waals surface area contributed by atoms with E-state index < -0.39 is 0 Å². The maximum Gasteiger partial charge on any atom is 0.114 e. The predicted molar refractivity (Wildman–Crippen MR) is 68.9 cm³/mol. The molecule has 0 aliphatic carbocycles. The number of nitrogens with one attached hydrogen (secondary N) is 1. The maximum atomic E-state index is 4.36. The summed E-state index contributed by atoms with van der Waals surface area (Å²) in [5.41, 5.74) is 1.15. The van der Waals surface area contributed by atoms with Crippen molar-refractivity contribution in [2.24, 2.45) is 0 Å². The minimum Gasteiger partial charge on any atom is -0.319 e. The molecule has 0 spiro atoms. The average Bonchev–Trinajstić information content (AvgIpc) is 2.75. The highest BCUT2D eigenvalue weighted by molar-refractivity contribution is 9.10. The second-order valence-corrected chi connectivity index (χ2v) is 4.46. The fourth-order valence-corrected chi connectivity index (χ4v) is 1.86. The molecule has 2 rings (SSSR count). The van der Waals surface area contributed by atoms with Crippen LogP contribution in [0.4, 0.5) is 0 Å². The van der Waals surface area contributed by atoms with E-state index in [1.54, 1.807) is 0 Å². The van der Waals surface area contributed by atoms with Gasteiger partial charge in [-0.2, -0.15) is 0 Å². The highest BCUT2D eigenvalue weighted by Gasteiger charge is 2.03. The Bertz CT molecular complexity index is 448. The van der Waals surface area contributed by atoms with Gasteiger partial charge in [-0.05, 0) is 31.3 Å². The van der Waals surface area contributed by atoms with Crippen molar-refractivity contribution in [2.75, 3.05) is 13.6 Å². The second-order valence-electron chi connectivity index (χ2n) is 3.54. The molecule has 3 nitrogen and oxygen atoms in total. The van der Waals surface area contributed by atoms with E-state index >= 15 is 0 Å². The number of halogens is 1. The summed E-state index contributed by atoms with van der Waals surface area (Å²) in [6.07, 6.45) is 4.76. The van der Waals surface area contributed by atoms with Gasteiger partial charge in [0.2, 0.25) is 0 Å². The number of hydrogen-bond acceptors (Lipinski definition) is 2. The van der Waals surface area contributed by atoms with Crippen LogP contribution in [-0.2, 0) is 6.42 Å². The zero-order valence-electron chi connectivity index (χ0n) is 9.15. The molecule has 1 N–H and O–H groups in total. The molecule has 0 aliphatic rings. The first kappa shape index (κ1) is 11.4. The van der Waals surface area contributed by atoms with Crippen molar-refractivity contribution in [2.45, 2.75) is 6.42 Å². The Hall–Kier alpha value is -1.13. The summed E-state index contributed by atoms with van der Waals surface area (Å²) in [4.78, 5) is 4.36. The molecule has 84 valence electrons. The van der Waals surface area contributed by atoms with Crippen LogP contribution in [0.2, 0.25) is 0 Å². The van der Waals surface area contributed by atoms with E-state index in [0.717, 1.165) is 29.0 Å². The van der Waals surface area contributed by atoms with Gasteiger partial charge in [0.05, 0.1) is 0 Å². The molecular formula is C12H14BrN3. The van der Waals surface area contributed by atoms with Gasteiger partial charge < -0.3 is 9.88 Å². The highest BCUT2D eigenvalue weighted by atomic mass is 79.9. The number of likely N-dealkylation sites (N-methyl/N-ethyl adjacent to an activating group) is 1. The van der Waals surface area contributed by atoms with Crippen LogP contribution >= 0.6 is 15.9 Å². The normalized spacial score (nSPS) is 10.6. The predicted octanol–water partition coefficient (Wildman–Crippen LogP) is 2.40. The van der Waals surface area contributed by atoms with E-state index in [4.69, 9.17) is 0 Å². The summed E-state index contributed by atoms with van der Waals surface area (Å²) in [7, 11) is 1.95. The van der Waals surface area contributed by atoms with Gasteiger partial charge in [-0.15, -0.1) is 0 Å². The smallest absolute Gasteiger partial charge is 0.114 e. The van der Waals surface area contributed by atoms with Gasteiger partial charge in [0.25, 0.3) is 0 Å². The van der Waals surface area contributed by atoms with Crippen molar-refractivity contribution in [1.82, 2.24) is 14.9 Å². The molecule has 0 bridgehead atoms. The van der Waals surface area contributed by atoms with Crippen LogP contribution in [0.3, 0.4) is 0 Å². The van der Waals surface area contributed by atoms with Gasteiger partial charge in [-0.1, -0.05) is 15.9 Å². The molecule has 0 unspecified atom stereocenters. The van der Waals surface area contributed by atoms with E-state index in [0.29, 0.717) is 0 Å². The number of hydrogen-bond donors (Lipinski definition) is 1. The van der Waals surface area contributed by atoms with E-state index in [9.17, 15) is 0 Å². The van der Waals surface area contributed by atoms with Crippen LogP contribution in [0.5, 0.6) is 0 Å². The number of benzene rings is 1. The summed E-state index contributed by atoms with van der Waals surface area (Å²) in [5.74, 6) is 1.08. The molecular weight excluding hydrogens is 266 g/mol. The molecule has 0 amide bonds. The molecule has 4 heteroatoms. The third-order valence-electron chi connectivity index (χ3n) is 2.42. The van der Waals surface area contributed by atoms with Gasteiger partial charge in [-0.3, -0.25) is 0 Å². The number of imidazole rings is 1. The van der Waals surface area contributed by atoms with Crippen LogP contribution in [-0.4, -0.2) is 23.1 Å². The van der Waals surface area contributed by atoms with Gasteiger partial charge in [-0.25, -0.2) is 4.98 Å². The minimum absolute atomic E-state index is 0.930. The third kappa shape index (κ3) is 2.51. The van der Waals surface area contributed by atoms with Gasteiger partial charge in [0.15, 0.2) is 0 Å². The molecule has 1 heterocycles. The van der Waals surface area contributed by atoms with Gasteiger partial charge in [0.1, 0.15) is 5.82 Å². The Morgan fingerprint density at radius 1 is 1.31 bits per heavy atom. The zero-order valence-corrected chi connectivity index (χ0v) is 10.7. The Labute approximate surface area is 104 Å². The van der Waals surface area contributed by atoms with Crippen molar-refractivity contribution in [3.63, 3.8) is 0 Å². The molecule has 0 aliphatic heterocycles. The third-order valence-corrected chi connectivity index (χ3v) is 2.95. The monoisotopic (exact) mass is 279 g/mol. The maximum absolute atomic E-state index is 4.36. The first-order valence-corrected chi connectivity index (χ1v) is 6.03. The molecule has 0 atom stereocenters. The number of rotatable bonds is 4. The largest absolute Gasteiger partial charge is 0.319 e.